The lowest BCUT2D eigenvalue weighted by molar-refractivity contribution is -0.134. The summed E-state index contributed by atoms with van der Waals surface area (Å²) in [5, 5.41) is 16.4. The van der Waals surface area contributed by atoms with E-state index < -0.39 is 29.1 Å². The lowest BCUT2D eigenvalue weighted by Gasteiger charge is -2.37. The molecule has 0 saturated carbocycles. The van der Waals surface area contributed by atoms with E-state index >= 15 is 0 Å². The van der Waals surface area contributed by atoms with Gasteiger partial charge in [0.1, 0.15) is 0 Å². The van der Waals surface area contributed by atoms with E-state index in [4.69, 9.17) is 15.2 Å². The molecule has 39 heavy (non-hydrogen) atoms. The molecule has 3 atom stereocenters. The van der Waals surface area contributed by atoms with Crippen LogP contribution in [-0.2, 0) is 25.5 Å². The maximum absolute atomic E-state index is 13.5. The van der Waals surface area contributed by atoms with Crippen molar-refractivity contribution in [2.45, 2.75) is 78.0 Å². The van der Waals surface area contributed by atoms with Crippen molar-refractivity contribution >= 4 is 23.6 Å². The van der Waals surface area contributed by atoms with Gasteiger partial charge in [0.05, 0.1) is 19.3 Å². The van der Waals surface area contributed by atoms with Gasteiger partial charge in [0, 0.05) is 49.9 Å². The lowest BCUT2D eigenvalue weighted by atomic mass is 9.74. The predicted octanol–water partition coefficient (Wildman–Crippen LogP) is 2.36. The Bertz CT molecular complexity index is 1010. The fourth-order valence-electron chi connectivity index (χ4n) is 5.69. The Labute approximate surface area is 232 Å². The van der Waals surface area contributed by atoms with Gasteiger partial charge in [-0.05, 0) is 48.6 Å². The molecule has 0 aromatic heterocycles. The van der Waals surface area contributed by atoms with E-state index in [-0.39, 0.29) is 36.7 Å². The van der Waals surface area contributed by atoms with Crippen molar-refractivity contribution in [1.29, 1.82) is 0 Å². The van der Waals surface area contributed by atoms with Crippen LogP contribution in [0.15, 0.2) is 24.3 Å². The summed E-state index contributed by atoms with van der Waals surface area (Å²) in [6.07, 6.45) is 1.40. The fourth-order valence-corrected chi connectivity index (χ4v) is 5.69. The number of ether oxygens (including phenoxy) is 2. The van der Waals surface area contributed by atoms with Gasteiger partial charge in [-0.2, -0.15) is 0 Å². The second-order valence-corrected chi connectivity index (χ2v) is 12.3. The van der Waals surface area contributed by atoms with E-state index in [0.29, 0.717) is 32.6 Å². The fraction of sp³-hybridized carbons (Fsp3) is 0.690. The van der Waals surface area contributed by atoms with E-state index in [1.54, 1.807) is 4.90 Å². The molecule has 1 aromatic rings. The number of anilines is 1. The molecule has 2 aliphatic heterocycles. The Morgan fingerprint density at radius 1 is 1.18 bits per heavy atom. The molecule has 3 rings (SSSR count). The van der Waals surface area contributed by atoms with Crippen molar-refractivity contribution < 1.29 is 29.0 Å². The van der Waals surface area contributed by atoms with Gasteiger partial charge in [-0.15, -0.1) is 0 Å². The minimum Gasteiger partial charge on any atom is -0.453 e. The highest BCUT2D eigenvalue weighted by molar-refractivity contribution is 5.95. The molecule has 3 amide bonds. The molecule has 1 aromatic carbocycles. The van der Waals surface area contributed by atoms with E-state index in [2.05, 4.69) is 10.6 Å². The number of alkyl carbamates (subject to hydrolysis) is 1. The van der Waals surface area contributed by atoms with Gasteiger partial charge in [-0.1, -0.05) is 45.9 Å². The first-order chi connectivity index (χ1) is 18.3. The summed E-state index contributed by atoms with van der Waals surface area (Å²) in [6.45, 7) is 9.48. The smallest absolute Gasteiger partial charge is 0.407 e. The van der Waals surface area contributed by atoms with Crippen LogP contribution in [0.3, 0.4) is 0 Å². The first-order valence-corrected chi connectivity index (χ1v) is 13.9. The average Bonchev–Trinajstić information content (AvgIpc) is 2.90. The zero-order valence-electron chi connectivity index (χ0n) is 24.0. The Balaban J connectivity index is 1.56. The molecular weight excluding hydrogens is 500 g/mol. The third kappa shape index (κ3) is 8.16. The van der Waals surface area contributed by atoms with Crippen LogP contribution in [0.4, 0.5) is 10.5 Å². The number of aliphatic hydroxyl groups is 1. The summed E-state index contributed by atoms with van der Waals surface area (Å²) in [6, 6.07) is 6.78. The number of benzene rings is 1. The van der Waals surface area contributed by atoms with Gasteiger partial charge < -0.3 is 35.8 Å². The summed E-state index contributed by atoms with van der Waals surface area (Å²) >= 11 is 0. The van der Waals surface area contributed by atoms with Crippen molar-refractivity contribution in [3.63, 3.8) is 0 Å². The Kier molecular flexibility index (Phi) is 10.4. The van der Waals surface area contributed by atoms with Gasteiger partial charge >= 0.3 is 6.09 Å². The predicted molar refractivity (Wildman–Crippen MR) is 149 cm³/mol. The summed E-state index contributed by atoms with van der Waals surface area (Å²) < 4.78 is 10.2. The molecule has 2 aliphatic rings. The molecule has 0 bridgehead atoms. The van der Waals surface area contributed by atoms with Crippen LogP contribution in [-0.4, -0.2) is 74.6 Å². The maximum Gasteiger partial charge on any atom is 0.407 e. The quantitative estimate of drug-likeness (QED) is 0.353. The molecule has 0 spiro atoms. The molecule has 1 unspecified atom stereocenters. The summed E-state index contributed by atoms with van der Waals surface area (Å²) in [4.78, 5) is 40.0. The largest absolute Gasteiger partial charge is 0.453 e. The average molecular weight is 547 g/mol. The first kappa shape index (κ1) is 30.8. The van der Waals surface area contributed by atoms with Crippen molar-refractivity contribution in [3.8, 4) is 0 Å². The number of amides is 3. The number of hydrogen-bond acceptors (Lipinski definition) is 7. The summed E-state index contributed by atoms with van der Waals surface area (Å²) in [5.74, 6) is 0.0373. The highest BCUT2D eigenvalue weighted by Crippen LogP contribution is 2.35. The second-order valence-electron chi connectivity index (χ2n) is 12.3. The monoisotopic (exact) mass is 546 g/mol. The molecule has 0 radical (unpaired) electrons. The number of rotatable bonds is 10. The number of aliphatic hydroxyl groups excluding tert-OH is 1. The van der Waals surface area contributed by atoms with E-state index in [1.807, 2.05) is 52.0 Å². The third-order valence-corrected chi connectivity index (χ3v) is 8.17. The van der Waals surface area contributed by atoms with E-state index in [0.717, 1.165) is 24.1 Å². The minimum atomic E-state index is -0.946. The Morgan fingerprint density at radius 2 is 1.85 bits per heavy atom. The van der Waals surface area contributed by atoms with Gasteiger partial charge in [-0.3, -0.25) is 9.59 Å². The normalized spacial score (nSPS) is 20.0. The van der Waals surface area contributed by atoms with Gasteiger partial charge in [0.15, 0.2) is 0 Å². The van der Waals surface area contributed by atoms with Crippen molar-refractivity contribution in [2.75, 3.05) is 38.3 Å². The number of carbonyl (C=O) groups is 3. The zero-order chi connectivity index (χ0) is 28.8. The van der Waals surface area contributed by atoms with Crippen molar-refractivity contribution in [3.05, 3.63) is 29.8 Å². The lowest BCUT2D eigenvalue weighted by Crippen LogP contribution is -2.51. The molecule has 1 fully saturated rings. The van der Waals surface area contributed by atoms with Gasteiger partial charge in [0.2, 0.25) is 11.8 Å². The number of nitrogens with one attached hydrogen (secondary N) is 2. The number of hydrogen-bond donors (Lipinski definition) is 4. The molecule has 218 valence electrons. The Morgan fingerprint density at radius 3 is 2.51 bits per heavy atom. The Hall–Kier alpha value is -2.69. The molecule has 1 saturated heterocycles. The SMILES string of the molecule is COC(=O)NC1Cc2ccccc2N(C(=O)CC(C)(C)C[C@H](N)[C@@H](O)CNC(=O)C(C)(C)C2CCOCC2)C1. The molecule has 10 nitrogen and oxygen atoms in total. The molecule has 2 heterocycles. The van der Waals surface area contributed by atoms with E-state index in [1.165, 1.54) is 7.11 Å². The van der Waals surface area contributed by atoms with Crippen LogP contribution in [0, 0.1) is 16.7 Å². The van der Waals surface area contributed by atoms with E-state index in [9.17, 15) is 19.5 Å². The number of para-hydroxylation sites is 1. The minimum absolute atomic E-state index is 0.0526. The van der Waals surface area contributed by atoms with Crippen LogP contribution >= 0.6 is 0 Å². The zero-order valence-corrected chi connectivity index (χ0v) is 24.0. The standard InChI is InChI=1S/C29H46N4O6/c1-28(2,15-22(30)24(34)17-31-26(36)29(3,4)20-10-12-39-13-11-20)16-25(35)33-18-21(32-27(37)38-5)14-19-8-6-7-9-23(19)33/h6-9,20-22,24,34H,10-18,30H2,1-5H3,(H,31,36)(H,32,37)/t21?,22-,24-/m0/s1. The van der Waals surface area contributed by atoms with Crippen LogP contribution in [0.1, 0.15) is 58.9 Å². The van der Waals surface area contributed by atoms with Crippen LogP contribution < -0.4 is 21.3 Å². The maximum atomic E-state index is 13.5. The molecule has 10 heteroatoms. The van der Waals surface area contributed by atoms with Crippen LogP contribution in [0.25, 0.3) is 0 Å². The van der Waals surface area contributed by atoms with Crippen LogP contribution in [0.5, 0.6) is 0 Å². The molecule has 5 N–H and O–H groups in total. The van der Waals surface area contributed by atoms with Gasteiger partial charge in [0.25, 0.3) is 0 Å². The number of nitrogens with zero attached hydrogens (tertiary/aromatic N) is 1. The van der Waals surface area contributed by atoms with Crippen molar-refractivity contribution in [2.24, 2.45) is 22.5 Å². The topological polar surface area (TPSA) is 143 Å². The molecule has 0 aliphatic carbocycles. The number of methoxy groups -OCH3 is 1. The number of nitrogens with two attached hydrogens (primary N) is 1. The first-order valence-electron chi connectivity index (χ1n) is 13.9. The second kappa shape index (κ2) is 13.1. The number of fused-ring (bicyclic) bond motifs is 1. The van der Waals surface area contributed by atoms with Gasteiger partial charge in [-0.25, -0.2) is 4.79 Å². The third-order valence-electron chi connectivity index (χ3n) is 8.17. The number of carbonyl (C=O) groups excluding carboxylic acids is 3. The highest BCUT2D eigenvalue weighted by atomic mass is 16.5. The highest BCUT2D eigenvalue weighted by Gasteiger charge is 2.38. The van der Waals surface area contributed by atoms with Crippen LogP contribution in [0.2, 0.25) is 0 Å². The summed E-state index contributed by atoms with van der Waals surface area (Å²) in [5.41, 5.74) is 7.09. The van der Waals surface area contributed by atoms with Crippen molar-refractivity contribution in [1.82, 2.24) is 10.6 Å². The summed E-state index contributed by atoms with van der Waals surface area (Å²) in [7, 11) is 1.31. The molecular formula is C29H46N4O6.